The number of morpholine rings is 1. The van der Waals surface area contributed by atoms with Gasteiger partial charge in [-0.1, -0.05) is 61.6 Å². The molecule has 3 aliphatic heterocycles. The summed E-state index contributed by atoms with van der Waals surface area (Å²) in [4.78, 5) is 2.35. The number of hydrogen-bond acceptors (Lipinski definition) is 4. The van der Waals surface area contributed by atoms with Crippen LogP contribution >= 0.6 is 71.1 Å². The van der Waals surface area contributed by atoms with Gasteiger partial charge in [-0.3, -0.25) is 0 Å². The van der Waals surface area contributed by atoms with Crippen molar-refractivity contribution in [2.45, 2.75) is 26.2 Å². The number of rotatable bonds is 3. The van der Waals surface area contributed by atoms with E-state index in [0.717, 1.165) is 53.2 Å². The van der Waals surface area contributed by atoms with Gasteiger partial charge in [0.2, 0.25) is 0 Å². The molecule has 11 heteroatoms. The van der Waals surface area contributed by atoms with Crippen LogP contribution in [-0.2, 0) is 10.2 Å². The number of aryl methyl sites for hydroxylation is 1. The van der Waals surface area contributed by atoms with E-state index in [-0.39, 0.29) is 5.41 Å². The Hall–Kier alpha value is -1.26. The average Bonchev–Trinajstić information content (AvgIpc) is 3.39. The molecule has 0 aromatic heterocycles. The monoisotopic (exact) mass is 823 g/mol. The summed E-state index contributed by atoms with van der Waals surface area (Å²) >= 11 is 14.9. The van der Waals surface area contributed by atoms with Gasteiger partial charge in [-0.2, -0.15) is 5.10 Å². The number of ether oxygens (including phenoxy) is 1. The fourth-order valence-electron chi connectivity index (χ4n) is 6.05. The molecule has 6 rings (SSSR count). The predicted molar refractivity (Wildman–Crippen MR) is 186 cm³/mol. The van der Waals surface area contributed by atoms with Crippen LogP contribution in [-0.4, -0.2) is 44.2 Å². The van der Waals surface area contributed by atoms with E-state index in [1.807, 2.05) is 0 Å². The van der Waals surface area contributed by atoms with Crippen molar-refractivity contribution in [2.75, 3.05) is 43.0 Å². The normalized spacial score (nSPS) is 23.8. The molecule has 3 aromatic rings. The van der Waals surface area contributed by atoms with Gasteiger partial charge in [0.1, 0.15) is 0 Å². The second-order valence-electron chi connectivity index (χ2n) is 10.9. The highest BCUT2D eigenvalue weighted by molar-refractivity contribution is 9.11. The van der Waals surface area contributed by atoms with Crippen LogP contribution in [0.4, 0.5) is 17.1 Å². The van der Waals surface area contributed by atoms with E-state index in [2.05, 4.69) is 167 Å². The van der Waals surface area contributed by atoms with E-state index in [4.69, 9.17) is 14.6 Å². The highest BCUT2D eigenvalue weighted by Crippen LogP contribution is 2.71. The van der Waals surface area contributed by atoms with Crippen molar-refractivity contribution >= 4 is 94.4 Å². The average molecular weight is 827 g/mol. The number of anilines is 2. The van der Waals surface area contributed by atoms with Crippen LogP contribution in [0, 0.1) is 6.92 Å². The number of hydrazone groups is 1. The van der Waals surface area contributed by atoms with E-state index < -0.39 is 7.36 Å². The van der Waals surface area contributed by atoms with Gasteiger partial charge in [-0.25, -0.2) is 14.2 Å². The maximum Gasteiger partial charge on any atom is 0.180 e. The van der Waals surface area contributed by atoms with Gasteiger partial charge in [0.05, 0.1) is 36.1 Å². The number of allylic oxidation sites excluding steroid dienone is 2. The van der Waals surface area contributed by atoms with Gasteiger partial charge in [0.15, 0.2) is 7.36 Å². The van der Waals surface area contributed by atoms with Crippen LogP contribution < -0.4 is 9.68 Å². The molecule has 3 aromatic carbocycles. The molecule has 3 heterocycles. The van der Waals surface area contributed by atoms with E-state index in [1.165, 1.54) is 16.9 Å². The molecule has 0 amide bonds. The summed E-state index contributed by atoms with van der Waals surface area (Å²) in [5.41, 5.74) is 6.49. The summed E-state index contributed by atoms with van der Waals surface area (Å²) < 4.78 is 20.5. The Labute approximate surface area is 275 Å². The summed E-state index contributed by atoms with van der Waals surface area (Å²) in [5.74, 6) is 0. The summed E-state index contributed by atoms with van der Waals surface area (Å²) in [7, 11) is -0.547. The van der Waals surface area contributed by atoms with Crippen LogP contribution in [0.5, 0.6) is 0 Å². The lowest BCUT2D eigenvalue weighted by molar-refractivity contribution is 0.0743. The molecule has 0 bridgehead atoms. The highest BCUT2D eigenvalue weighted by Gasteiger charge is 2.50. The van der Waals surface area contributed by atoms with Crippen LogP contribution in [0.1, 0.15) is 25.0 Å². The Morgan fingerprint density at radius 1 is 0.902 bits per heavy atom. The SMILES string of the molecule is Cc1cc(Br)cc(Br)c1N=P1(N2CCOCC2)/C(=C2\N(C)c3ccc(Br)cc3C2(C)C)C=NN1c1ccc(Br)cc1. The molecule has 1 atom stereocenters. The lowest BCUT2D eigenvalue weighted by Gasteiger charge is -2.43. The van der Waals surface area contributed by atoms with Gasteiger partial charge in [0.25, 0.3) is 0 Å². The zero-order valence-electron chi connectivity index (χ0n) is 23.2. The molecule has 41 heavy (non-hydrogen) atoms. The highest BCUT2D eigenvalue weighted by atomic mass is 79.9. The first-order valence-electron chi connectivity index (χ1n) is 13.3. The predicted octanol–water partition coefficient (Wildman–Crippen LogP) is 10.2. The zero-order chi connectivity index (χ0) is 29.1. The van der Waals surface area contributed by atoms with Gasteiger partial charge >= 0.3 is 0 Å². The standard InChI is InChI=1S/C30H30Br4N5OP/c1-19-15-22(33)17-25(34)28(19)36-41(38-11-13-40-14-12-38)27(18-35-39(41)23-8-5-20(31)6-9-23)29-30(2,3)24-16-21(32)7-10-26(24)37(29)4/h5-10,15-18H,11-14H2,1-4H3/b29-27-. The summed E-state index contributed by atoms with van der Waals surface area (Å²) in [5, 5.41) is 6.35. The Morgan fingerprint density at radius 2 is 1.59 bits per heavy atom. The molecule has 0 saturated carbocycles. The molecule has 6 nitrogen and oxygen atoms in total. The van der Waals surface area contributed by atoms with Gasteiger partial charge < -0.3 is 9.64 Å². The van der Waals surface area contributed by atoms with Crippen LogP contribution in [0.25, 0.3) is 0 Å². The molecular formula is C30H30Br4N5OP. The summed E-state index contributed by atoms with van der Waals surface area (Å²) in [6.45, 7) is 9.59. The quantitative estimate of drug-likeness (QED) is 0.247. The topological polar surface area (TPSA) is 43.7 Å². The van der Waals surface area contributed by atoms with Crippen molar-refractivity contribution in [1.29, 1.82) is 0 Å². The number of halogens is 4. The Morgan fingerprint density at radius 3 is 2.27 bits per heavy atom. The second-order valence-corrected chi connectivity index (χ2v) is 17.2. The van der Waals surface area contributed by atoms with Crippen molar-refractivity contribution in [3.05, 3.63) is 94.6 Å². The molecule has 214 valence electrons. The molecule has 0 N–H and O–H groups in total. The Balaban J connectivity index is 1.72. The third-order valence-electron chi connectivity index (χ3n) is 7.94. The minimum atomic E-state index is -2.72. The minimum absolute atomic E-state index is 0.274. The molecule has 0 aliphatic carbocycles. The van der Waals surface area contributed by atoms with Crippen molar-refractivity contribution in [3.63, 3.8) is 0 Å². The van der Waals surface area contributed by atoms with E-state index in [9.17, 15) is 0 Å². The molecule has 0 radical (unpaired) electrons. The van der Waals surface area contributed by atoms with E-state index in [0.29, 0.717) is 13.2 Å². The van der Waals surface area contributed by atoms with Crippen molar-refractivity contribution < 1.29 is 4.74 Å². The number of benzene rings is 3. The molecule has 1 fully saturated rings. The molecular weight excluding hydrogens is 797 g/mol. The summed E-state index contributed by atoms with van der Waals surface area (Å²) in [6.07, 6.45) is 2.07. The summed E-state index contributed by atoms with van der Waals surface area (Å²) in [6, 6.07) is 19.2. The number of fused-ring (bicyclic) bond motifs is 1. The second kappa shape index (κ2) is 11.3. The van der Waals surface area contributed by atoms with Crippen LogP contribution in [0.3, 0.4) is 0 Å². The first-order valence-corrected chi connectivity index (χ1v) is 18.2. The van der Waals surface area contributed by atoms with Gasteiger partial charge in [-0.05, 0) is 88.6 Å². The first-order chi connectivity index (χ1) is 19.5. The minimum Gasteiger partial charge on any atom is -0.379 e. The number of likely N-dealkylation sites (N-methyl/N-ethyl adjacent to an activating group) is 1. The molecule has 3 aliphatic rings. The lowest BCUT2D eigenvalue weighted by atomic mass is 9.84. The molecule has 1 unspecified atom stereocenters. The fraction of sp³-hybridized carbons (Fsp3) is 0.300. The fourth-order valence-corrected chi connectivity index (χ4v) is 12.2. The molecule has 0 spiro atoms. The van der Waals surface area contributed by atoms with Gasteiger partial charge in [0, 0.05) is 54.8 Å². The van der Waals surface area contributed by atoms with E-state index in [1.54, 1.807) is 0 Å². The third-order valence-corrected chi connectivity index (χ3v) is 13.5. The van der Waals surface area contributed by atoms with Crippen molar-refractivity contribution in [3.8, 4) is 0 Å². The van der Waals surface area contributed by atoms with Crippen LogP contribution in [0.2, 0.25) is 0 Å². The largest absolute Gasteiger partial charge is 0.379 e. The zero-order valence-corrected chi connectivity index (χ0v) is 30.4. The van der Waals surface area contributed by atoms with Crippen molar-refractivity contribution in [2.24, 2.45) is 9.85 Å². The Bertz CT molecular complexity index is 1620. The van der Waals surface area contributed by atoms with Crippen LogP contribution in [0.15, 0.2) is 93.3 Å². The Kier molecular flexibility index (Phi) is 8.24. The smallest absolute Gasteiger partial charge is 0.180 e. The first kappa shape index (κ1) is 29.8. The van der Waals surface area contributed by atoms with E-state index >= 15 is 0 Å². The number of nitrogens with zero attached hydrogens (tertiary/aromatic N) is 5. The van der Waals surface area contributed by atoms with Gasteiger partial charge in [-0.15, -0.1) is 0 Å². The third kappa shape index (κ3) is 5.05. The van der Waals surface area contributed by atoms with Crippen molar-refractivity contribution in [1.82, 2.24) is 4.67 Å². The number of hydrogen-bond donors (Lipinski definition) is 0. The maximum atomic E-state index is 5.88. The lowest BCUT2D eigenvalue weighted by Crippen LogP contribution is -2.38. The maximum absolute atomic E-state index is 5.88. The molecule has 1 saturated heterocycles.